The van der Waals surface area contributed by atoms with E-state index < -0.39 is 0 Å². The third-order valence-electron chi connectivity index (χ3n) is 5.54. The van der Waals surface area contributed by atoms with Crippen LogP contribution in [0.4, 0.5) is 5.69 Å². The first kappa shape index (κ1) is 20.2. The molecule has 0 N–H and O–H groups in total. The summed E-state index contributed by atoms with van der Waals surface area (Å²) in [6.45, 7) is 9.08. The zero-order valence-corrected chi connectivity index (χ0v) is 17.2. The number of nitrogens with zero attached hydrogens (tertiary/aromatic N) is 3. The van der Waals surface area contributed by atoms with Crippen LogP contribution in [0.1, 0.15) is 25.5 Å². The number of benzene rings is 2. The smallest absolute Gasteiger partial charge is 0.244 e. The molecule has 0 saturated carbocycles. The van der Waals surface area contributed by atoms with Crippen LogP contribution in [0.5, 0.6) is 5.75 Å². The molecule has 0 bridgehead atoms. The van der Waals surface area contributed by atoms with Gasteiger partial charge in [-0.15, -0.1) is 0 Å². The van der Waals surface area contributed by atoms with E-state index in [0.717, 1.165) is 56.3 Å². The number of hydrogen-bond donors (Lipinski definition) is 0. The third kappa shape index (κ3) is 4.47. The van der Waals surface area contributed by atoms with Crippen molar-refractivity contribution in [3.05, 3.63) is 60.2 Å². The number of rotatable bonds is 7. The van der Waals surface area contributed by atoms with Crippen molar-refractivity contribution in [3.63, 3.8) is 0 Å². The summed E-state index contributed by atoms with van der Waals surface area (Å²) in [6.07, 6.45) is 0. The standard InChI is InChI=1S/C23H31N3O2/c1-4-24(5-2)22(19-10-7-6-8-11-19)23(27)26-16-14-25(15-17-26)20-12-9-13-21(18-20)28-3/h6-13,18,22H,4-5,14-17H2,1-3H3. The predicted molar refractivity (Wildman–Crippen MR) is 114 cm³/mol. The van der Waals surface area contributed by atoms with Gasteiger partial charge in [0.1, 0.15) is 11.8 Å². The fourth-order valence-corrected chi connectivity index (χ4v) is 3.90. The van der Waals surface area contributed by atoms with Gasteiger partial charge in [0.05, 0.1) is 7.11 Å². The molecular formula is C23H31N3O2. The van der Waals surface area contributed by atoms with E-state index in [1.165, 1.54) is 0 Å². The molecule has 1 heterocycles. The van der Waals surface area contributed by atoms with Gasteiger partial charge in [0.15, 0.2) is 0 Å². The van der Waals surface area contributed by atoms with E-state index in [2.05, 4.69) is 47.9 Å². The Morgan fingerprint density at radius 3 is 2.29 bits per heavy atom. The number of anilines is 1. The van der Waals surface area contributed by atoms with Crippen molar-refractivity contribution in [2.24, 2.45) is 0 Å². The van der Waals surface area contributed by atoms with Crippen molar-refractivity contribution in [1.82, 2.24) is 9.80 Å². The average molecular weight is 382 g/mol. The van der Waals surface area contributed by atoms with Crippen molar-refractivity contribution in [2.75, 3.05) is 51.3 Å². The molecule has 5 nitrogen and oxygen atoms in total. The van der Waals surface area contributed by atoms with Crippen molar-refractivity contribution in [1.29, 1.82) is 0 Å². The first-order chi connectivity index (χ1) is 13.7. The Bertz CT molecular complexity index is 753. The molecule has 1 saturated heterocycles. The van der Waals surface area contributed by atoms with Crippen molar-refractivity contribution >= 4 is 11.6 Å². The predicted octanol–water partition coefficient (Wildman–Crippen LogP) is 3.43. The fourth-order valence-electron chi connectivity index (χ4n) is 3.90. The lowest BCUT2D eigenvalue weighted by Crippen LogP contribution is -2.52. The van der Waals surface area contributed by atoms with Crippen LogP contribution in [0, 0.1) is 0 Å². The van der Waals surface area contributed by atoms with Crippen molar-refractivity contribution in [2.45, 2.75) is 19.9 Å². The number of carbonyl (C=O) groups is 1. The molecule has 0 aromatic heterocycles. The van der Waals surface area contributed by atoms with Crippen LogP contribution in [0.15, 0.2) is 54.6 Å². The molecule has 0 aliphatic carbocycles. The highest BCUT2D eigenvalue weighted by Crippen LogP contribution is 2.26. The molecule has 2 aromatic rings. The minimum atomic E-state index is -0.209. The second-order valence-corrected chi connectivity index (χ2v) is 7.05. The third-order valence-corrected chi connectivity index (χ3v) is 5.54. The first-order valence-corrected chi connectivity index (χ1v) is 10.1. The van der Waals surface area contributed by atoms with Gasteiger partial charge in [0.2, 0.25) is 5.91 Å². The van der Waals surface area contributed by atoms with Gasteiger partial charge in [-0.3, -0.25) is 9.69 Å². The molecule has 1 fully saturated rings. The van der Waals surface area contributed by atoms with Crippen LogP contribution in [0.2, 0.25) is 0 Å². The van der Waals surface area contributed by atoms with E-state index >= 15 is 0 Å². The maximum atomic E-state index is 13.4. The number of ether oxygens (including phenoxy) is 1. The zero-order chi connectivity index (χ0) is 19.9. The monoisotopic (exact) mass is 381 g/mol. The number of piperazine rings is 1. The van der Waals surface area contributed by atoms with Gasteiger partial charge in [0.25, 0.3) is 0 Å². The van der Waals surface area contributed by atoms with E-state index in [1.54, 1.807) is 7.11 Å². The zero-order valence-electron chi connectivity index (χ0n) is 17.2. The van der Waals surface area contributed by atoms with E-state index in [9.17, 15) is 4.79 Å². The minimum Gasteiger partial charge on any atom is -0.497 e. The Balaban J connectivity index is 1.71. The molecular weight excluding hydrogens is 350 g/mol. The van der Waals surface area contributed by atoms with E-state index in [1.807, 2.05) is 35.2 Å². The molecule has 1 amide bonds. The Morgan fingerprint density at radius 1 is 1.00 bits per heavy atom. The lowest BCUT2D eigenvalue weighted by atomic mass is 10.0. The van der Waals surface area contributed by atoms with Gasteiger partial charge in [-0.2, -0.15) is 0 Å². The van der Waals surface area contributed by atoms with Gasteiger partial charge in [-0.05, 0) is 30.8 Å². The van der Waals surface area contributed by atoms with E-state index in [0.29, 0.717) is 0 Å². The van der Waals surface area contributed by atoms with Gasteiger partial charge < -0.3 is 14.5 Å². The Labute approximate surface area is 168 Å². The fraction of sp³-hybridized carbons (Fsp3) is 0.435. The van der Waals surface area contributed by atoms with Gasteiger partial charge in [0, 0.05) is 37.9 Å². The Hall–Kier alpha value is -2.53. The van der Waals surface area contributed by atoms with Crippen molar-refractivity contribution in [3.8, 4) is 5.75 Å². The van der Waals surface area contributed by atoms with E-state index in [-0.39, 0.29) is 11.9 Å². The summed E-state index contributed by atoms with van der Waals surface area (Å²) < 4.78 is 5.34. The number of carbonyl (C=O) groups excluding carboxylic acids is 1. The highest BCUT2D eigenvalue weighted by atomic mass is 16.5. The maximum absolute atomic E-state index is 13.4. The molecule has 1 aliphatic rings. The number of methoxy groups -OCH3 is 1. The molecule has 0 spiro atoms. The molecule has 150 valence electrons. The lowest BCUT2D eigenvalue weighted by molar-refractivity contribution is -0.137. The quantitative estimate of drug-likeness (QED) is 0.736. The summed E-state index contributed by atoms with van der Waals surface area (Å²) in [5.41, 5.74) is 2.22. The Kier molecular flexibility index (Phi) is 6.93. The van der Waals surface area contributed by atoms with Gasteiger partial charge >= 0.3 is 0 Å². The number of amides is 1. The summed E-state index contributed by atoms with van der Waals surface area (Å²) >= 11 is 0. The molecule has 0 radical (unpaired) electrons. The average Bonchev–Trinajstić information content (AvgIpc) is 2.77. The molecule has 5 heteroatoms. The van der Waals surface area contributed by atoms with Crippen LogP contribution < -0.4 is 9.64 Å². The summed E-state index contributed by atoms with van der Waals surface area (Å²) in [5, 5.41) is 0. The summed E-state index contributed by atoms with van der Waals surface area (Å²) in [6, 6.07) is 18.1. The summed E-state index contributed by atoms with van der Waals surface area (Å²) in [7, 11) is 1.69. The normalized spacial score (nSPS) is 15.6. The minimum absolute atomic E-state index is 0.209. The highest BCUT2D eigenvalue weighted by molar-refractivity contribution is 5.83. The first-order valence-electron chi connectivity index (χ1n) is 10.1. The lowest BCUT2D eigenvalue weighted by Gasteiger charge is -2.39. The van der Waals surface area contributed by atoms with Gasteiger partial charge in [-0.1, -0.05) is 50.2 Å². The molecule has 1 atom stereocenters. The van der Waals surface area contributed by atoms with Crippen LogP contribution in [0.3, 0.4) is 0 Å². The largest absolute Gasteiger partial charge is 0.497 e. The van der Waals surface area contributed by atoms with Crippen LogP contribution >= 0.6 is 0 Å². The Morgan fingerprint density at radius 2 is 1.68 bits per heavy atom. The maximum Gasteiger partial charge on any atom is 0.244 e. The van der Waals surface area contributed by atoms with Crippen LogP contribution in [0.25, 0.3) is 0 Å². The molecule has 3 rings (SSSR count). The number of hydrogen-bond acceptors (Lipinski definition) is 4. The van der Waals surface area contributed by atoms with Gasteiger partial charge in [-0.25, -0.2) is 0 Å². The van der Waals surface area contributed by atoms with E-state index in [4.69, 9.17) is 4.74 Å². The molecule has 2 aromatic carbocycles. The summed E-state index contributed by atoms with van der Waals surface area (Å²) in [5.74, 6) is 1.07. The second kappa shape index (κ2) is 9.60. The molecule has 1 unspecified atom stereocenters. The van der Waals surface area contributed by atoms with Crippen LogP contribution in [-0.4, -0.2) is 62.1 Å². The topological polar surface area (TPSA) is 36.0 Å². The SMILES string of the molecule is CCN(CC)C(C(=O)N1CCN(c2cccc(OC)c2)CC1)c1ccccc1. The highest BCUT2D eigenvalue weighted by Gasteiger charge is 2.31. The molecule has 1 aliphatic heterocycles. The van der Waals surface area contributed by atoms with Crippen LogP contribution in [-0.2, 0) is 4.79 Å². The second-order valence-electron chi connectivity index (χ2n) is 7.05. The summed E-state index contributed by atoms with van der Waals surface area (Å²) in [4.78, 5) is 20.0. The number of likely N-dealkylation sites (N-methyl/N-ethyl adjacent to an activating group) is 1. The van der Waals surface area contributed by atoms with Crippen molar-refractivity contribution < 1.29 is 9.53 Å². The molecule has 28 heavy (non-hydrogen) atoms.